The van der Waals surface area contributed by atoms with Gasteiger partial charge in [-0.3, -0.25) is 9.59 Å². The van der Waals surface area contributed by atoms with E-state index in [-0.39, 0.29) is 11.3 Å². The number of aryl methyl sites for hydroxylation is 1. The van der Waals surface area contributed by atoms with Crippen molar-refractivity contribution >= 4 is 5.91 Å². The Morgan fingerprint density at radius 3 is 2.79 bits per heavy atom. The highest BCUT2D eigenvalue weighted by Gasteiger charge is 2.23. The predicted octanol–water partition coefficient (Wildman–Crippen LogP) is -1.01. The first kappa shape index (κ1) is 17.0. The third-order valence-corrected chi connectivity index (χ3v) is 4.90. The van der Waals surface area contributed by atoms with Gasteiger partial charge in [-0.25, -0.2) is 0 Å². The average molecular weight is 336 g/mol. The predicted molar refractivity (Wildman–Crippen MR) is 88.7 cm³/mol. The van der Waals surface area contributed by atoms with Crippen LogP contribution in [0.3, 0.4) is 0 Å². The lowest BCUT2D eigenvalue weighted by Gasteiger charge is -2.23. The topological polar surface area (TPSA) is 95.9 Å². The summed E-state index contributed by atoms with van der Waals surface area (Å²) in [7, 11) is 0. The second-order valence-electron chi connectivity index (χ2n) is 6.56. The highest BCUT2D eigenvalue weighted by Crippen LogP contribution is 2.28. The summed E-state index contributed by atoms with van der Waals surface area (Å²) in [4.78, 5) is 28.7. The highest BCUT2D eigenvalue weighted by molar-refractivity contribution is 5.96. The summed E-state index contributed by atoms with van der Waals surface area (Å²) in [6.07, 6.45) is 4.26. The zero-order valence-corrected chi connectivity index (χ0v) is 14.0. The second kappa shape index (κ2) is 7.81. The van der Waals surface area contributed by atoms with Gasteiger partial charge in [0, 0.05) is 24.2 Å². The number of nitrogens with one attached hydrogen (secondary N) is 3. The van der Waals surface area contributed by atoms with E-state index in [4.69, 9.17) is 4.74 Å². The molecular formula is C17H26N3O4+. The van der Waals surface area contributed by atoms with Gasteiger partial charge in [0.2, 0.25) is 0 Å². The first-order valence-electron chi connectivity index (χ1n) is 8.83. The monoisotopic (exact) mass is 336 g/mol. The number of carbonyl (C=O) groups is 1. The lowest BCUT2D eigenvalue weighted by molar-refractivity contribution is -0.908. The van der Waals surface area contributed by atoms with Crippen LogP contribution in [0.4, 0.5) is 0 Å². The molecule has 7 nitrogen and oxygen atoms in total. The van der Waals surface area contributed by atoms with Crippen LogP contribution >= 0.6 is 0 Å². The molecule has 1 aliphatic heterocycles. The fourth-order valence-electron chi connectivity index (χ4n) is 3.51. The van der Waals surface area contributed by atoms with Crippen molar-refractivity contribution in [3.63, 3.8) is 0 Å². The van der Waals surface area contributed by atoms with Crippen molar-refractivity contribution in [2.45, 2.75) is 32.1 Å². The van der Waals surface area contributed by atoms with Crippen molar-refractivity contribution in [2.24, 2.45) is 0 Å². The van der Waals surface area contributed by atoms with Gasteiger partial charge < -0.3 is 25.0 Å². The molecule has 2 heterocycles. The van der Waals surface area contributed by atoms with Crippen LogP contribution in [0.2, 0.25) is 0 Å². The second-order valence-corrected chi connectivity index (χ2v) is 6.56. The largest absolute Gasteiger partial charge is 0.507 e. The Hall–Kier alpha value is -1.86. The summed E-state index contributed by atoms with van der Waals surface area (Å²) < 4.78 is 5.32. The number of aromatic hydroxyl groups is 1. The number of quaternary nitrogens is 1. The molecule has 0 unspecified atom stereocenters. The summed E-state index contributed by atoms with van der Waals surface area (Å²) in [5.41, 5.74) is 0.860. The number of carbonyl (C=O) groups excluding carboxylic acids is 1. The summed E-state index contributed by atoms with van der Waals surface area (Å²) >= 11 is 0. The molecule has 0 bridgehead atoms. The Balaban J connectivity index is 1.57. The van der Waals surface area contributed by atoms with Gasteiger partial charge in [-0.2, -0.15) is 0 Å². The lowest BCUT2D eigenvalue weighted by atomic mass is 9.93. The quantitative estimate of drug-likeness (QED) is 0.519. The average Bonchev–Trinajstić information content (AvgIpc) is 2.60. The van der Waals surface area contributed by atoms with E-state index < -0.39 is 11.5 Å². The Morgan fingerprint density at radius 1 is 1.25 bits per heavy atom. The van der Waals surface area contributed by atoms with Crippen LogP contribution in [0.1, 0.15) is 40.9 Å². The molecule has 7 heteroatoms. The molecule has 0 radical (unpaired) electrons. The third kappa shape index (κ3) is 3.79. The fraction of sp³-hybridized carbons (Fsp3) is 0.647. The maximum atomic E-state index is 12.3. The standard InChI is InChI=1S/C17H25N3O4/c21-15-12-4-1-2-5-13(12)19-17(23)14(15)16(22)18-6-3-7-20-8-10-24-11-9-20/h1-11H2,(H,18,22)(H2,19,21,23)/p+1. The molecule has 2 aliphatic rings. The molecule has 0 atom stereocenters. The van der Waals surface area contributed by atoms with Crippen molar-refractivity contribution in [1.29, 1.82) is 0 Å². The molecule has 132 valence electrons. The first-order valence-corrected chi connectivity index (χ1v) is 8.83. The van der Waals surface area contributed by atoms with E-state index in [9.17, 15) is 14.7 Å². The molecule has 1 saturated heterocycles. The normalized spacial score (nSPS) is 18.2. The molecule has 4 N–H and O–H groups in total. The third-order valence-electron chi connectivity index (χ3n) is 4.90. The number of morpholine rings is 1. The molecule has 1 aliphatic carbocycles. The van der Waals surface area contributed by atoms with Crippen LogP contribution < -0.4 is 15.8 Å². The molecule has 0 aromatic carbocycles. The van der Waals surface area contributed by atoms with Crippen LogP contribution in [0, 0.1) is 0 Å². The molecule has 3 rings (SSSR count). The Morgan fingerprint density at radius 2 is 2.00 bits per heavy atom. The molecule has 0 saturated carbocycles. The number of aromatic amines is 1. The number of H-pyrrole nitrogens is 1. The van der Waals surface area contributed by atoms with Gasteiger partial charge in [-0.15, -0.1) is 0 Å². The van der Waals surface area contributed by atoms with Crippen molar-refractivity contribution < 1.29 is 19.5 Å². The van der Waals surface area contributed by atoms with Gasteiger partial charge in [0.15, 0.2) is 0 Å². The minimum Gasteiger partial charge on any atom is -0.507 e. The van der Waals surface area contributed by atoms with Gasteiger partial charge >= 0.3 is 0 Å². The van der Waals surface area contributed by atoms with Crippen molar-refractivity contribution in [2.75, 3.05) is 39.4 Å². The van der Waals surface area contributed by atoms with Crippen LogP contribution in [0.25, 0.3) is 0 Å². The van der Waals surface area contributed by atoms with E-state index in [1.807, 2.05) is 0 Å². The summed E-state index contributed by atoms with van der Waals surface area (Å²) in [6.45, 7) is 5.05. The number of rotatable bonds is 5. The van der Waals surface area contributed by atoms with Gasteiger partial charge in [-0.05, 0) is 25.7 Å². The molecule has 24 heavy (non-hydrogen) atoms. The molecule has 1 fully saturated rings. The summed E-state index contributed by atoms with van der Waals surface area (Å²) in [5, 5.41) is 13.1. The van der Waals surface area contributed by atoms with E-state index >= 15 is 0 Å². The Bertz CT molecular complexity index is 650. The minimum atomic E-state index is -0.496. The van der Waals surface area contributed by atoms with Crippen molar-refractivity contribution in [1.82, 2.24) is 10.3 Å². The Labute approximate surface area is 141 Å². The molecule has 1 aromatic heterocycles. The highest BCUT2D eigenvalue weighted by atomic mass is 16.5. The number of hydrogen-bond acceptors (Lipinski definition) is 4. The van der Waals surface area contributed by atoms with Crippen LogP contribution in [-0.2, 0) is 17.6 Å². The van der Waals surface area contributed by atoms with E-state index in [2.05, 4.69) is 10.3 Å². The Kier molecular flexibility index (Phi) is 5.52. The van der Waals surface area contributed by atoms with Gasteiger partial charge in [-0.1, -0.05) is 0 Å². The van der Waals surface area contributed by atoms with Crippen LogP contribution in [-0.4, -0.2) is 55.4 Å². The van der Waals surface area contributed by atoms with Crippen molar-refractivity contribution in [3.05, 3.63) is 27.2 Å². The number of hydrogen-bond donors (Lipinski definition) is 4. The van der Waals surface area contributed by atoms with Gasteiger partial charge in [0.25, 0.3) is 11.5 Å². The van der Waals surface area contributed by atoms with Gasteiger partial charge in [0.1, 0.15) is 24.4 Å². The van der Waals surface area contributed by atoms with E-state index in [1.165, 1.54) is 4.90 Å². The number of pyridine rings is 1. The number of ether oxygens (including phenoxy) is 1. The SMILES string of the molecule is O=C(NCCC[NH+]1CCOCC1)c1c(O)c2c([nH]c1=O)CCCC2. The minimum absolute atomic E-state index is 0.134. The zero-order valence-electron chi connectivity index (χ0n) is 14.0. The number of aromatic nitrogens is 1. The fourth-order valence-corrected chi connectivity index (χ4v) is 3.51. The maximum absolute atomic E-state index is 12.3. The molecular weight excluding hydrogens is 310 g/mol. The maximum Gasteiger partial charge on any atom is 0.264 e. The lowest BCUT2D eigenvalue weighted by Crippen LogP contribution is -3.14. The van der Waals surface area contributed by atoms with Crippen LogP contribution in [0.15, 0.2) is 4.79 Å². The van der Waals surface area contributed by atoms with Gasteiger partial charge in [0.05, 0.1) is 19.8 Å². The summed E-state index contributed by atoms with van der Waals surface area (Å²) in [5.74, 6) is -0.621. The van der Waals surface area contributed by atoms with E-state index in [0.29, 0.717) is 13.0 Å². The first-order chi connectivity index (χ1) is 11.7. The van der Waals surface area contributed by atoms with E-state index in [0.717, 1.165) is 69.8 Å². The molecule has 1 amide bonds. The smallest absolute Gasteiger partial charge is 0.264 e. The molecule has 0 spiro atoms. The molecule has 1 aromatic rings. The number of amides is 1. The number of fused-ring (bicyclic) bond motifs is 1. The van der Waals surface area contributed by atoms with Crippen LogP contribution in [0.5, 0.6) is 5.75 Å². The zero-order chi connectivity index (χ0) is 16.9. The van der Waals surface area contributed by atoms with E-state index in [1.54, 1.807) is 0 Å². The summed E-state index contributed by atoms with van der Waals surface area (Å²) in [6, 6.07) is 0. The van der Waals surface area contributed by atoms with Crippen molar-refractivity contribution in [3.8, 4) is 5.75 Å².